The van der Waals surface area contributed by atoms with Crippen LogP contribution in [0.3, 0.4) is 0 Å². The highest BCUT2D eigenvalue weighted by Gasteiger charge is 2.28. The number of rotatable bonds is 2. The molecule has 1 aliphatic rings. The van der Waals surface area contributed by atoms with Crippen molar-refractivity contribution in [2.24, 2.45) is 0 Å². The molecule has 3 nitrogen and oxygen atoms in total. The number of hydrogen-bond donors (Lipinski definition) is 0. The Morgan fingerprint density at radius 1 is 1.12 bits per heavy atom. The summed E-state index contributed by atoms with van der Waals surface area (Å²) in [5.41, 5.74) is 5.17. The van der Waals surface area contributed by atoms with E-state index in [1.807, 2.05) is 44.2 Å². The molecular weight excluding hydrogens is 300 g/mol. The van der Waals surface area contributed by atoms with Crippen molar-refractivity contribution in [3.63, 3.8) is 0 Å². The third-order valence-electron chi connectivity index (χ3n) is 5.06. The van der Waals surface area contributed by atoms with Gasteiger partial charge < -0.3 is 9.15 Å². The van der Waals surface area contributed by atoms with Crippen LogP contribution in [0, 0.1) is 13.8 Å². The normalized spacial score (nSPS) is 16.2. The van der Waals surface area contributed by atoms with Crippen LogP contribution in [-0.4, -0.2) is 6.61 Å². The fourth-order valence-electron chi connectivity index (χ4n) is 3.68. The van der Waals surface area contributed by atoms with Crippen LogP contribution in [0.2, 0.25) is 0 Å². The number of fused-ring (bicyclic) bond motifs is 2. The molecule has 1 aromatic heterocycles. The summed E-state index contributed by atoms with van der Waals surface area (Å²) < 4.78 is 11.5. The molecule has 3 heteroatoms. The largest absolute Gasteiger partial charge is 0.492 e. The van der Waals surface area contributed by atoms with E-state index in [-0.39, 0.29) is 5.63 Å². The molecule has 2 heterocycles. The van der Waals surface area contributed by atoms with E-state index < -0.39 is 0 Å². The standard InChI is InChI=1S/C21H20O3/c1-4-14-11-23-19-13(3)20-17(10-16(14)19)18(12(2)21(22)24-20)15-8-6-5-7-9-15/h5-10,14H,4,11H2,1-3H3. The van der Waals surface area contributed by atoms with Gasteiger partial charge in [0.15, 0.2) is 0 Å². The highest BCUT2D eigenvalue weighted by atomic mass is 16.5. The summed E-state index contributed by atoms with van der Waals surface area (Å²) >= 11 is 0. The zero-order valence-electron chi connectivity index (χ0n) is 14.2. The molecule has 3 aromatic rings. The summed E-state index contributed by atoms with van der Waals surface area (Å²) in [6.07, 6.45) is 1.04. The molecule has 0 saturated carbocycles. The highest BCUT2D eigenvalue weighted by molar-refractivity contribution is 5.98. The Kier molecular flexibility index (Phi) is 3.45. The molecule has 0 bridgehead atoms. The van der Waals surface area contributed by atoms with Crippen molar-refractivity contribution >= 4 is 11.0 Å². The van der Waals surface area contributed by atoms with Gasteiger partial charge >= 0.3 is 5.63 Å². The molecule has 4 rings (SSSR count). The van der Waals surface area contributed by atoms with Crippen LogP contribution in [0.1, 0.15) is 36.0 Å². The Morgan fingerprint density at radius 3 is 2.58 bits per heavy atom. The smallest absolute Gasteiger partial charge is 0.339 e. The SMILES string of the molecule is CCC1COc2c1cc1c(-c3ccccc3)c(C)c(=O)oc1c2C. The molecule has 122 valence electrons. The molecule has 1 atom stereocenters. The summed E-state index contributed by atoms with van der Waals surface area (Å²) in [6.45, 7) is 6.69. The molecule has 1 aliphatic heterocycles. The maximum Gasteiger partial charge on any atom is 0.339 e. The zero-order valence-corrected chi connectivity index (χ0v) is 14.2. The lowest BCUT2D eigenvalue weighted by Gasteiger charge is -2.14. The second-order valence-corrected chi connectivity index (χ2v) is 6.47. The maximum absolute atomic E-state index is 12.4. The van der Waals surface area contributed by atoms with Gasteiger partial charge in [0.1, 0.15) is 11.3 Å². The van der Waals surface area contributed by atoms with E-state index in [0.29, 0.717) is 23.7 Å². The van der Waals surface area contributed by atoms with Crippen LogP contribution >= 0.6 is 0 Å². The topological polar surface area (TPSA) is 39.4 Å². The average Bonchev–Trinajstić information content (AvgIpc) is 3.01. The Balaban J connectivity index is 2.14. The summed E-state index contributed by atoms with van der Waals surface area (Å²) in [5, 5.41) is 0.999. The first kappa shape index (κ1) is 15.0. The van der Waals surface area contributed by atoms with E-state index in [1.165, 1.54) is 5.56 Å². The molecule has 0 spiro atoms. The van der Waals surface area contributed by atoms with Gasteiger partial charge in [0.25, 0.3) is 0 Å². The predicted octanol–water partition coefficient (Wildman–Crippen LogP) is 4.96. The molecule has 1 unspecified atom stereocenters. The fraction of sp³-hybridized carbons (Fsp3) is 0.286. The van der Waals surface area contributed by atoms with E-state index in [0.717, 1.165) is 34.2 Å². The highest BCUT2D eigenvalue weighted by Crippen LogP contribution is 2.44. The molecule has 0 aliphatic carbocycles. The van der Waals surface area contributed by atoms with Crippen LogP contribution in [0.4, 0.5) is 0 Å². The first-order valence-corrected chi connectivity index (χ1v) is 8.41. The zero-order chi connectivity index (χ0) is 16.8. The molecule has 0 amide bonds. The van der Waals surface area contributed by atoms with Gasteiger partial charge in [0.05, 0.1) is 6.61 Å². The summed E-state index contributed by atoms with van der Waals surface area (Å²) in [4.78, 5) is 12.4. The lowest BCUT2D eigenvalue weighted by atomic mass is 9.91. The average molecular weight is 320 g/mol. The summed E-state index contributed by atoms with van der Waals surface area (Å²) in [6, 6.07) is 12.2. The minimum absolute atomic E-state index is 0.283. The van der Waals surface area contributed by atoms with Gasteiger partial charge in [-0.1, -0.05) is 37.3 Å². The minimum atomic E-state index is -0.283. The maximum atomic E-state index is 12.4. The minimum Gasteiger partial charge on any atom is -0.492 e. The van der Waals surface area contributed by atoms with Crippen molar-refractivity contribution in [3.05, 3.63) is 63.5 Å². The molecule has 0 radical (unpaired) electrons. The number of aryl methyl sites for hydroxylation is 1. The predicted molar refractivity (Wildman–Crippen MR) is 95.9 cm³/mol. The Morgan fingerprint density at radius 2 is 1.88 bits per heavy atom. The van der Waals surface area contributed by atoms with E-state index >= 15 is 0 Å². The van der Waals surface area contributed by atoms with Crippen LogP contribution < -0.4 is 10.4 Å². The van der Waals surface area contributed by atoms with Gasteiger partial charge in [-0.05, 0) is 31.9 Å². The van der Waals surface area contributed by atoms with Crippen molar-refractivity contribution in [2.45, 2.75) is 33.1 Å². The van der Waals surface area contributed by atoms with Crippen LogP contribution in [0.15, 0.2) is 45.6 Å². The third kappa shape index (κ3) is 2.08. The molecule has 2 aromatic carbocycles. The van der Waals surface area contributed by atoms with Crippen LogP contribution in [-0.2, 0) is 0 Å². The Bertz CT molecular complexity index is 984. The first-order chi connectivity index (χ1) is 11.6. The van der Waals surface area contributed by atoms with E-state index in [1.54, 1.807) is 0 Å². The Labute approximate surface area is 140 Å². The van der Waals surface area contributed by atoms with Crippen LogP contribution in [0.5, 0.6) is 5.75 Å². The molecule has 0 N–H and O–H groups in total. The first-order valence-electron chi connectivity index (χ1n) is 8.41. The van der Waals surface area contributed by atoms with Gasteiger partial charge in [-0.2, -0.15) is 0 Å². The van der Waals surface area contributed by atoms with Gasteiger partial charge in [-0.15, -0.1) is 0 Å². The molecular formula is C21H20O3. The van der Waals surface area contributed by atoms with E-state index in [2.05, 4.69) is 13.0 Å². The van der Waals surface area contributed by atoms with Gasteiger partial charge in [-0.25, -0.2) is 4.79 Å². The van der Waals surface area contributed by atoms with Crippen LogP contribution in [0.25, 0.3) is 22.1 Å². The molecule has 0 fully saturated rings. The third-order valence-corrected chi connectivity index (χ3v) is 5.06. The number of benzene rings is 2. The number of ether oxygens (including phenoxy) is 1. The van der Waals surface area contributed by atoms with Gasteiger partial charge in [-0.3, -0.25) is 0 Å². The molecule has 0 saturated heterocycles. The van der Waals surface area contributed by atoms with Crippen molar-refractivity contribution in [1.29, 1.82) is 0 Å². The Hall–Kier alpha value is -2.55. The van der Waals surface area contributed by atoms with Crippen molar-refractivity contribution < 1.29 is 9.15 Å². The second kappa shape index (κ2) is 5.52. The summed E-state index contributed by atoms with van der Waals surface area (Å²) in [5.74, 6) is 1.29. The molecule has 24 heavy (non-hydrogen) atoms. The van der Waals surface area contributed by atoms with E-state index in [4.69, 9.17) is 9.15 Å². The van der Waals surface area contributed by atoms with Crippen molar-refractivity contribution in [2.75, 3.05) is 6.61 Å². The fourth-order valence-corrected chi connectivity index (χ4v) is 3.68. The quantitative estimate of drug-likeness (QED) is 0.626. The van der Waals surface area contributed by atoms with Crippen molar-refractivity contribution in [1.82, 2.24) is 0 Å². The van der Waals surface area contributed by atoms with Gasteiger partial charge in [0.2, 0.25) is 0 Å². The second-order valence-electron chi connectivity index (χ2n) is 6.47. The van der Waals surface area contributed by atoms with Crippen molar-refractivity contribution in [3.8, 4) is 16.9 Å². The van der Waals surface area contributed by atoms with Gasteiger partial charge in [0, 0.05) is 33.6 Å². The van der Waals surface area contributed by atoms with E-state index in [9.17, 15) is 4.79 Å². The lowest BCUT2D eigenvalue weighted by molar-refractivity contribution is 0.326. The number of hydrogen-bond acceptors (Lipinski definition) is 3. The lowest BCUT2D eigenvalue weighted by Crippen LogP contribution is -2.07. The summed E-state index contributed by atoms with van der Waals surface area (Å²) in [7, 11) is 0. The monoisotopic (exact) mass is 320 g/mol.